The number of rotatable bonds is 7. The lowest BCUT2D eigenvalue weighted by atomic mass is 9.92. The predicted molar refractivity (Wildman–Crippen MR) is 116 cm³/mol. The van der Waals surface area contributed by atoms with Crippen LogP contribution < -0.4 is 10.6 Å². The Hall–Kier alpha value is -2.07. The molecule has 7 heteroatoms. The Morgan fingerprint density at radius 2 is 1.90 bits per heavy atom. The summed E-state index contributed by atoms with van der Waals surface area (Å²) < 4.78 is 0. The number of aliphatic carboxylic acids is 1. The maximum absolute atomic E-state index is 12.8. The van der Waals surface area contributed by atoms with Crippen LogP contribution in [0.4, 0.5) is 0 Å². The molecule has 30 heavy (non-hydrogen) atoms. The van der Waals surface area contributed by atoms with E-state index in [0.717, 1.165) is 38.8 Å². The molecule has 0 unspecified atom stereocenters. The summed E-state index contributed by atoms with van der Waals surface area (Å²) in [4.78, 5) is 38.4. The van der Waals surface area contributed by atoms with Gasteiger partial charge >= 0.3 is 5.97 Å². The number of carbonyl (C=O) groups excluding carboxylic acids is 2. The molecule has 2 fully saturated rings. The highest BCUT2D eigenvalue weighted by Gasteiger charge is 2.30. The number of amides is 2. The fraction of sp³-hybridized carbons (Fsp3) is 0.783. The molecule has 2 amide bonds. The predicted octanol–water partition coefficient (Wildman–Crippen LogP) is 2.01. The summed E-state index contributed by atoms with van der Waals surface area (Å²) in [6.45, 7) is 8.97. The third-order valence-corrected chi connectivity index (χ3v) is 5.69. The second-order valence-corrected chi connectivity index (χ2v) is 9.59. The molecule has 0 aromatic rings. The van der Waals surface area contributed by atoms with Gasteiger partial charge in [-0.3, -0.25) is 14.4 Å². The molecule has 0 saturated carbocycles. The highest BCUT2D eigenvalue weighted by molar-refractivity contribution is 5.82. The van der Waals surface area contributed by atoms with E-state index in [9.17, 15) is 14.4 Å². The fourth-order valence-corrected chi connectivity index (χ4v) is 3.98. The monoisotopic (exact) mass is 419 g/mol. The second kappa shape index (κ2) is 11.4. The lowest BCUT2D eigenvalue weighted by Gasteiger charge is -2.33. The molecule has 2 rings (SSSR count). The van der Waals surface area contributed by atoms with Crippen LogP contribution in [0.1, 0.15) is 65.7 Å². The van der Waals surface area contributed by atoms with Crippen LogP contribution in [0.15, 0.2) is 0 Å². The zero-order valence-electron chi connectivity index (χ0n) is 18.6. The average molecular weight is 420 g/mol. The molecular formula is C23H37N3O4. The number of carboxylic acid groups (broad SMARTS) is 1. The molecule has 0 radical (unpaired) electrons. The van der Waals surface area contributed by atoms with Crippen LogP contribution in [-0.2, 0) is 14.4 Å². The van der Waals surface area contributed by atoms with Crippen molar-refractivity contribution in [3.63, 3.8) is 0 Å². The van der Waals surface area contributed by atoms with Crippen molar-refractivity contribution >= 4 is 17.8 Å². The van der Waals surface area contributed by atoms with Crippen LogP contribution in [0.2, 0.25) is 0 Å². The summed E-state index contributed by atoms with van der Waals surface area (Å²) in [5.41, 5.74) is -0.274. The number of likely N-dealkylation sites (tertiary alicyclic amines) is 1. The largest absolute Gasteiger partial charge is 0.481 e. The van der Waals surface area contributed by atoms with E-state index in [2.05, 4.69) is 22.5 Å². The number of hydrogen-bond donors (Lipinski definition) is 3. The van der Waals surface area contributed by atoms with Crippen molar-refractivity contribution in [2.75, 3.05) is 26.2 Å². The highest BCUT2D eigenvalue weighted by atomic mass is 16.4. The molecule has 0 aliphatic carbocycles. The van der Waals surface area contributed by atoms with Gasteiger partial charge in [0, 0.05) is 24.9 Å². The van der Waals surface area contributed by atoms with Crippen molar-refractivity contribution < 1.29 is 19.5 Å². The van der Waals surface area contributed by atoms with E-state index in [4.69, 9.17) is 5.11 Å². The first kappa shape index (κ1) is 24.2. The summed E-state index contributed by atoms with van der Waals surface area (Å²) in [6.07, 6.45) is 4.96. The number of carbonyl (C=O) groups is 3. The summed E-state index contributed by atoms with van der Waals surface area (Å²) in [5, 5.41) is 15.3. The van der Waals surface area contributed by atoms with Gasteiger partial charge in [-0.05, 0) is 71.9 Å². The van der Waals surface area contributed by atoms with Crippen LogP contribution in [0.25, 0.3) is 0 Å². The van der Waals surface area contributed by atoms with Crippen molar-refractivity contribution in [1.29, 1.82) is 0 Å². The van der Waals surface area contributed by atoms with E-state index in [1.165, 1.54) is 0 Å². The zero-order valence-corrected chi connectivity index (χ0v) is 18.6. The molecule has 2 heterocycles. The summed E-state index contributed by atoms with van der Waals surface area (Å²) in [7, 11) is 0. The Morgan fingerprint density at radius 3 is 2.53 bits per heavy atom. The first-order chi connectivity index (χ1) is 14.1. The van der Waals surface area contributed by atoms with Crippen molar-refractivity contribution in [2.24, 2.45) is 17.3 Å². The Morgan fingerprint density at radius 1 is 1.20 bits per heavy atom. The van der Waals surface area contributed by atoms with E-state index in [1.54, 1.807) is 0 Å². The van der Waals surface area contributed by atoms with Crippen molar-refractivity contribution in [3.05, 3.63) is 0 Å². The van der Waals surface area contributed by atoms with Gasteiger partial charge in [0.25, 0.3) is 0 Å². The third kappa shape index (κ3) is 8.74. The number of hydrogen-bond acceptors (Lipinski definition) is 4. The first-order valence-corrected chi connectivity index (χ1v) is 11.2. The van der Waals surface area contributed by atoms with Crippen LogP contribution >= 0.6 is 0 Å². The van der Waals surface area contributed by atoms with E-state index in [-0.39, 0.29) is 29.6 Å². The maximum atomic E-state index is 12.8. The molecular weight excluding hydrogens is 382 g/mol. The fourth-order valence-electron chi connectivity index (χ4n) is 3.98. The van der Waals surface area contributed by atoms with Gasteiger partial charge in [-0.1, -0.05) is 11.8 Å². The number of nitrogens with one attached hydrogen (secondary N) is 2. The van der Waals surface area contributed by atoms with Crippen LogP contribution in [-0.4, -0.2) is 60.0 Å². The van der Waals surface area contributed by atoms with E-state index in [1.807, 2.05) is 25.7 Å². The van der Waals surface area contributed by atoms with Gasteiger partial charge in [0.1, 0.15) is 6.04 Å². The van der Waals surface area contributed by atoms with Gasteiger partial charge in [-0.2, -0.15) is 0 Å². The van der Waals surface area contributed by atoms with Gasteiger partial charge in [-0.25, -0.2) is 0 Å². The minimum Gasteiger partial charge on any atom is -0.481 e. The lowest BCUT2D eigenvalue weighted by Crippen LogP contribution is -2.47. The SMILES string of the molecule is CC(C)(C)C#C[C@H](CC(=O)O)NC(=O)[C@@H]1CCCN(C(=O)CCC2CCNCC2)C1. The Kier molecular flexibility index (Phi) is 9.16. The standard InChI is InChI=1S/C23H37N3O4/c1-23(2,3)11-8-19(15-21(28)29)25-22(30)18-5-4-14-26(16-18)20(27)7-6-17-9-12-24-13-10-17/h17-19,24H,4-7,9-10,12-16H2,1-3H3,(H,25,30)(H,28,29)/t18-,19-/m1/s1. The molecule has 168 valence electrons. The molecule has 2 atom stereocenters. The van der Waals surface area contributed by atoms with Crippen LogP contribution in [0, 0.1) is 29.1 Å². The van der Waals surface area contributed by atoms with Crippen LogP contribution in [0.3, 0.4) is 0 Å². The quantitative estimate of drug-likeness (QED) is 0.549. The topological polar surface area (TPSA) is 98.7 Å². The number of carboxylic acids is 1. The lowest BCUT2D eigenvalue weighted by molar-refractivity contribution is -0.137. The van der Waals surface area contributed by atoms with Crippen molar-refractivity contribution in [2.45, 2.75) is 71.8 Å². The van der Waals surface area contributed by atoms with Gasteiger partial charge in [0.05, 0.1) is 12.3 Å². The molecule has 2 saturated heterocycles. The smallest absolute Gasteiger partial charge is 0.306 e. The Bertz CT molecular complexity index is 668. The zero-order chi connectivity index (χ0) is 22.1. The molecule has 2 aliphatic rings. The molecule has 2 aliphatic heterocycles. The summed E-state index contributed by atoms with van der Waals surface area (Å²) in [6, 6.07) is -0.722. The Balaban J connectivity index is 1.88. The van der Waals surface area contributed by atoms with Crippen LogP contribution in [0.5, 0.6) is 0 Å². The van der Waals surface area contributed by atoms with Gasteiger partial charge in [0.15, 0.2) is 0 Å². The van der Waals surface area contributed by atoms with E-state index < -0.39 is 12.0 Å². The second-order valence-electron chi connectivity index (χ2n) is 9.59. The van der Waals surface area contributed by atoms with Gasteiger partial charge < -0.3 is 20.6 Å². The molecule has 0 aromatic heterocycles. The molecule has 0 spiro atoms. The average Bonchev–Trinajstić information content (AvgIpc) is 2.70. The molecule has 3 N–H and O–H groups in total. The van der Waals surface area contributed by atoms with Crippen molar-refractivity contribution in [1.82, 2.24) is 15.5 Å². The first-order valence-electron chi connectivity index (χ1n) is 11.2. The maximum Gasteiger partial charge on any atom is 0.306 e. The Labute approximate surface area is 180 Å². The minimum atomic E-state index is -0.998. The van der Waals surface area contributed by atoms with Gasteiger partial charge in [0.2, 0.25) is 11.8 Å². The summed E-state index contributed by atoms with van der Waals surface area (Å²) >= 11 is 0. The van der Waals surface area contributed by atoms with Gasteiger partial charge in [-0.15, -0.1) is 0 Å². The van der Waals surface area contributed by atoms with E-state index >= 15 is 0 Å². The number of nitrogens with zero attached hydrogens (tertiary/aromatic N) is 1. The molecule has 7 nitrogen and oxygen atoms in total. The minimum absolute atomic E-state index is 0.126. The third-order valence-electron chi connectivity index (χ3n) is 5.69. The normalized spacial score (nSPS) is 21.3. The molecule has 0 bridgehead atoms. The van der Waals surface area contributed by atoms with Crippen molar-refractivity contribution in [3.8, 4) is 11.8 Å². The summed E-state index contributed by atoms with van der Waals surface area (Å²) in [5.74, 6) is 5.13. The number of piperidine rings is 2. The highest BCUT2D eigenvalue weighted by Crippen LogP contribution is 2.22. The van der Waals surface area contributed by atoms with E-state index in [0.29, 0.717) is 31.8 Å². The molecule has 0 aromatic carbocycles.